The Morgan fingerprint density at radius 2 is 1.84 bits per heavy atom. The summed E-state index contributed by atoms with van der Waals surface area (Å²) < 4.78 is 4.61. The van der Waals surface area contributed by atoms with Crippen molar-refractivity contribution in [3.8, 4) is 0 Å². The van der Waals surface area contributed by atoms with E-state index in [1.54, 1.807) is 38.1 Å². The van der Waals surface area contributed by atoms with Crippen molar-refractivity contribution in [1.82, 2.24) is 15.5 Å². The maximum atomic E-state index is 12.0. The normalized spacial score (nSPS) is 15.7. The Labute approximate surface area is 145 Å². The smallest absolute Gasteiger partial charge is 0.337 e. The Bertz CT molecular complexity index is 697. The van der Waals surface area contributed by atoms with Crippen molar-refractivity contribution >= 4 is 23.8 Å². The highest BCUT2D eigenvalue weighted by Crippen LogP contribution is 2.16. The van der Waals surface area contributed by atoms with Crippen LogP contribution >= 0.6 is 0 Å². The zero-order valence-corrected chi connectivity index (χ0v) is 14.4. The van der Waals surface area contributed by atoms with Gasteiger partial charge in [0.1, 0.15) is 5.54 Å². The van der Waals surface area contributed by atoms with Gasteiger partial charge in [-0.25, -0.2) is 9.59 Å². The fraction of sp³-hybridized carbons (Fsp3) is 0.412. The molecule has 8 nitrogen and oxygen atoms in total. The molecule has 0 unspecified atom stereocenters. The van der Waals surface area contributed by atoms with Gasteiger partial charge in [0.15, 0.2) is 0 Å². The molecule has 0 atom stereocenters. The number of hydrogen-bond acceptors (Lipinski definition) is 5. The number of rotatable bonds is 6. The van der Waals surface area contributed by atoms with Crippen LogP contribution in [0.15, 0.2) is 24.3 Å². The third kappa shape index (κ3) is 4.34. The molecule has 134 valence electrons. The van der Waals surface area contributed by atoms with Gasteiger partial charge in [0.05, 0.1) is 12.7 Å². The summed E-state index contributed by atoms with van der Waals surface area (Å²) in [5.41, 5.74) is 0.311. The van der Waals surface area contributed by atoms with Crippen molar-refractivity contribution in [2.45, 2.75) is 32.4 Å². The molecule has 1 saturated heterocycles. The van der Waals surface area contributed by atoms with Gasteiger partial charge >= 0.3 is 12.0 Å². The average molecular weight is 347 g/mol. The first-order valence-corrected chi connectivity index (χ1v) is 7.82. The van der Waals surface area contributed by atoms with Gasteiger partial charge in [-0.15, -0.1) is 0 Å². The number of hydrogen-bond donors (Lipinski definition) is 2. The zero-order chi connectivity index (χ0) is 18.6. The van der Waals surface area contributed by atoms with Crippen LogP contribution in [0, 0.1) is 0 Å². The molecule has 0 saturated carbocycles. The molecule has 2 rings (SSSR count). The van der Waals surface area contributed by atoms with E-state index in [0.29, 0.717) is 5.56 Å². The van der Waals surface area contributed by atoms with Crippen molar-refractivity contribution in [2.24, 2.45) is 0 Å². The lowest BCUT2D eigenvalue weighted by Crippen LogP contribution is -2.40. The third-order valence-electron chi connectivity index (χ3n) is 3.87. The van der Waals surface area contributed by atoms with Crippen LogP contribution in [-0.2, 0) is 20.9 Å². The number of methoxy groups -OCH3 is 1. The van der Waals surface area contributed by atoms with E-state index >= 15 is 0 Å². The van der Waals surface area contributed by atoms with Crippen LogP contribution in [-0.4, -0.2) is 47.9 Å². The van der Waals surface area contributed by atoms with E-state index in [1.807, 2.05) is 0 Å². The van der Waals surface area contributed by atoms with Gasteiger partial charge in [0.2, 0.25) is 5.91 Å². The maximum Gasteiger partial charge on any atom is 0.337 e. The second-order valence-electron chi connectivity index (χ2n) is 6.23. The molecule has 1 aromatic carbocycles. The second kappa shape index (κ2) is 7.33. The van der Waals surface area contributed by atoms with Crippen LogP contribution in [0.25, 0.3) is 0 Å². The lowest BCUT2D eigenvalue weighted by molar-refractivity contribution is -0.130. The molecule has 0 spiro atoms. The zero-order valence-electron chi connectivity index (χ0n) is 14.4. The summed E-state index contributed by atoms with van der Waals surface area (Å²) in [5.74, 6) is -1.04. The molecule has 1 fully saturated rings. The fourth-order valence-corrected chi connectivity index (χ4v) is 2.40. The minimum absolute atomic E-state index is 0.0233. The van der Waals surface area contributed by atoms with Crippen LogP contribution in [0.1, 0.15) is 36.2 Å². The van der Waals surface area contributed by atoms with Crippen molar-refractivity contribution < 1.29 is 23.9 Å². The van der Waals surface area contributed by atoms with E-state index in [-0.39, 0.29) is 31.3 Å². The predicted octanol–water partition coefficient (Wildman–Crippen LogP) is 0.810. The van der Waals surface area contributed by atoms with Gasteiger partial charge in [-0.2, -0.15) is 0 Å². The summed E-state index contributed by atoms with van der Waals surface area (Å²) in [6, 6.07) is 6.17. The van der Waals surface area contributed by atoms with Gasteiger partial charge in [-0.3, -0.25) is 14.5 Å². The Kier molecular flexibility index (Phi) is 5.41. The molecule has 8 heteroatoms. The molecule has 0 bridgehead atoms. The van der Waals surface area contributed by atoms with Crippen molar-refractivity contribution in [2.75, 3.05) is 13.7 Å². The first-order chi connectivity index (χ1) is 11.7. The highest BCUT2D eigenvalue weighted by molar-refractivity contribution is 6.06. The monoisotopic (exact) mass is 347 g/mol. The Morgan fingerprint density at radius 1 is 1.20 bits per heavy atom. The van der Waals surface area contributed by atoms with Crippen LogP contribution in [0.4, 0.5) is 4.79 Å². The summed E-state index contributed by atoms with van der Waals surface area (Å²) in [7, 11) is 1.31. The molecule has 2 N–H and O–H groups in total. The number of imide groups is 1. The van der Waals surface area contributed by atoms with Gasteiger partial charge in [-0.05, 0) is 31.5 Å². The summed E-state index contributed by atoms with van der Waals surface area (Å²) in [4.78, 5) is 48.0. The molecule has 0 aromatic heterocycles. The van der Waals surface area contributed by atoms with Crippen LogP contribution in [0.5, 0.6) is 0 Å². The molecular weight excluding hydrogens is 326 g/mol. The highest BCUT2D eigenvalue weighted by atomic mass is 16.5. The number of esters is 1. The summed E-state index contributed by atoms with van der Waals surface area (Å²) >= 11 is 0. The van der Waals surface area contributed by atoms with Crippen molar-refractivity contribution in [1.29, 1.82) is 0 Å². The van der Waals surface area contributed by atoms with E-state index in [1.165, 1.54) is 7.11 Å². The van der Waals surface area contributed by atoms with Crippen molar-refractivity contribution in [3.05, 3.63) is 35.4 Å². The van der Waals surface area contributed by atoms with E-state index in [2.05, 4.69) is 15.4 Å². The minimum Gasteiger partial charge on any atom is -0.465 e. The molecule has 1 aliphatic heterocycles. The van der Waals surface area contributed by atoms with Gasteiger partial charge in [0.25, 0.3) is 5.91 Å². The third-order valence-corrected chi connectivity index (χ3v) is 3.87. The Hall–Kier alpha value is -2.90. The SMILES string of the molecule is COC(=O)c1ccc(CNC(=O)CCN2C(=O)NC(C)(C)C2=O)cc1. The first-order valence-electron chi connectivity index (χ1n) is 7.82. The molecule has 1 aliphatic rings. The fourth-order valence-electron chi connectivity index (χ4n) is 2.40. The Morgan fingerprint density at radius 3 is 2.36 bits per heavy atom. The molecule has 1 heterocycles. The average Bonchev–Trinajstić information content (AvgIpc) is 2.78. The Balaban J connectivity index is 1.80. The number of carbonyl (C=O) groups excluding carboxylic acids is 4. The molecule has 0 aliphatic carbocycles. The number of ether oxygens (including phenoxy) is 1. The topological polar surface area (TPSA) is 105 Å². The van der Waals surface area contributed by atoms with Crippen molar-refractivity contribution in [3.63, 3.8) is 0 Å². The van der Waals surface area contributed by atoms with Crippen LogP contribution in [0.2, 0.25) is 0 Å². The molecular formula is C17H21N3O5. The molecule has 4 amide bonds. The van der Waals surface area contributed by atoms with Gasteiger partial charge < -0.3 is 15.4 Å². The van der Waals surface area contributed by atoms with E-state index in [9.17, 15) is 19.2 Å². The quantitative estimate of drug-likeness (QED) is 0.585. The second-order valence-corrected chi connectivity index (χ2v) is 6.23. The number of nitrogens with one attached hydrogen (secondary N) is 2. The van der Waals surface area contributed by atoms with E-state index < -0.39 is 17.5 Å². The standard InChI is InChI=1S/C17H21N3O5/c1-17(2)15(23)20(16(24)19-17)9-8-13(21)18-10-11-4-6-12(7-5-11)14(22)25-3/h4-7H,8-10H2,1-3H3,(H,18,21)(H,19,24). The predicted molar refractivity (Wildman–Crippen MR) is 88.6 cm³/mol. The summed E-state index contributed by atoms with van der Waals surface area (Å²) in [6.45, 7) is 3.55. The van der Waals surface area contributed by atoms with Crippen LogP contribution in [0.3, 0.4) is 0 Å². The number of carbonyl (C=O) groups is 4. The highest BCUT2D eigenvalue weighted by Gasteiger charge is 2.43. The molecule has 25 heavy (non-hydrogen) atoms. The maximum absolute atomic E-state index is 12.0. The van der Waals surface area contributed by atoms with E-state index in [4.69, 9.17) is 0 Å². The lowest BCUT2D eigenvalue weighted by atomic mass is 10.1. The first kappa shape index (κ1) is 18.4. The lowest BCUT2D eigenvalue weighted by Gasteiger charge is -2.15. The van der Waals surface area contributed by atoms with Gasteiger partial charge in [0, 0.05) is 19.5 Å². The van der Waals surface area contributed by atoms with Crippen LogP contribution < -0.4 is 10.6 Å². The summed E-state index contributed by atoms with van der Waals surface area (Å²) in [6.07, 6.45) is 0.0233. The molecule has 1 aromatic rings. The number of urea groups is 1. The minimum atomic E-state index is -0.936. The summed E-state index contributed by atoms with van der Waals surface area (Å²) in [5, 5.41) is 5.27. The van der Waals surface area contributed by atoms with Gasteiger partial charge in [-0.1, -0.05) is 12.1 Å². The number of benzene rings is 1. The number of nitrogens with zero attached hydrogens (tertiary/aromatic N) is 1. The molecule has 0 radical (unpaired) electrons. The van der Waals surface area contributed by atoms with E-state index in [0.717, 1.165) is 10.5 Å². The number of amides is 4. The largest absolute Gasteiger partial charge is 0.465 e.